The molecule has 0 fully saturated rings. The maximum Gasteiger partial charge on any atom is 0.0746 e. The Kier molecular flexibility index (Phi) is 3.73. The van der Waals surface area contributed by atoms with E-state index in [0.29, 0.717) is 5.69 Å². The van der Waals surface area contributed by atoms with Crippen molar-refractivity contribution in [1.82, 2.24) is 4.98 Å². The van der Waals surface area contributed by atoms with Crippen LogP contribution in [0.4, 0.5) is 17.1 Å². The lowest BCUT2D eigenvalue weighted by molar-refractivity contribution is 0.922. The summed E-state index contributed by atoms with van der Waals surface area (Å²) in [5.74, 6) is 0. The highest BCUT2D eigenvalue weighted by molar-refractivity contribution is 5.98. The van der Waals surface area contributed by atoms with Crippen molar-refractivity contribution in [3.05, 3.63) is 60.3 Å². The van der Waals surface area contributed by atoms with Crippen LogP contribution >= 0.6 is 0 Å². The predicted molar refractivity (Wildman–Crippen MR) is 89.9 cm³/mol. The Balaban J connectivity index is 1.95. The van der Waals surface area contributed by atoms with E-state index in [1.807, 2.05) is 24.3 Å². The summed E-state index contributed by atoms with van der Waals surface area (Å²) in [5.41, 5.74) is 11.0. The number of nitrogens with two attached hydrogens (primary N) is 1. The summed E-state index contributed by atoms with van der Waals surface area (Å²) in [4.78, 5) is 4.36. The van der Waals surface area contributed by atoms with Gasteiger partial charge in [-0.25, -0.2) is 0 Å². The molecule has 3 nitrogen and oxygen atoms in total. The van der Waals surface area contributed by atoms with Gasteiger partial charge in [0.05, 0.1) is 23.1 Å². The van der Waals surface area contributed by atoms with Crippen molar-refractivity contribution < 1.29 is 0 Å². The number of aromatic nitrogens is 1. The molecule has 0 bridgehead atoms. The van der Waals surface area contributed by atoms with E-state index < -0.39 is 0 Å². The number of hydrogen-bond donors (Lipinski definition) is 2. The molecule has 106 valence electrons. The number of para-hydroxylation sites is 1. The van der Waals surface area contributed by atoms with E-state index in [1.54, 1.807) is 6.20 Å². The fourth-order valence-electron chi connectivity index (χ4n) is 2.48. The largest absolute Gasteiger partial charge is 0.396 e. The topological polar surface area (TPSA) is 50.9 Å². The normalized spacial score (nSPS) is 10.7. The van der Waals surface area contributed by atoms with Gasteiger partial charge in [0.15, 0.2) is 0 Å². The van der Waals surface area contributed by atoms with Gasteiger partial charge in [0.1, 0.15) is 0 Å². The number of nitrogens with one attached hydrogen (secondary N) is 1. The molecule has 0 aliphatic rings. The summed E-state index contributed by atoms with van der Waals surface area (Å²) in [5, 5.41) is 4.46. The molecule has 0 atom stereocenters. The average Bonchev–Trinajstić information content (AvgIpc) is 2.52. The molecule has 3 heteroatoms. The van der Waals surface area contributed by atoms with Crippen molar-refractivity contribution in [2.24, 2.45) is 0 Å². The van der Waals surface area contributed by atoms with Crippen LogP contribution in [0.15, 0.2) is 54.7 Å². The van der Waals surface area contributed by atoms with Gasteiger partial charge in [-0.15, -0.1) is 0 Å². The third kappa shape index (κ3) is 2.82. The lowest BCUT2D eigenvalue weighted by atomic mass is 10.1. The third-order valence-electron chi connectivity index (χ3n) is 3.57. The molecule has 1 aromatic heterocycles. The molecule has 3 aromatic rings. The lowest BCUT2D eigenvalue weighted by Crippen LogP contribution is -1.99. The van der Waals surface area contributed by atoms with E-state index in [2.05, 4.69) is 41.5 Å². The second kappa shape index (κ2) is 5.83. The Labute approximate surface area is 124 Å². The standard InChI is InChI=1S/C18H19N3/c1-2-5-13-8-10-14(11-9-13)21-18-15-6-3-4-7-17(15)20-12-16(18)19/h3-4,6-12H,2,5,19H2,1H3,(H,20,21). The molecule has 21 heavy (non-hydrogen) atoms. The fourth-order valence-corrected chi connectivity index (χ4v) is 2.48. The molecule has 1 heterocycles. The zero-order chi connectivity index (χ0) is 14.7. The van der Waals surface area contributed by atoms with E-state index in [4.69, 9.17) is 5.73 Å². The van der Waals surface area contributed by atoms with E-state index >= 15 is 0 Å². The Morgan fingerprint density at radius 2 is 1.81 bits per heavy atom. The molecule has 0 aliphatic heterocycles. The van der Waals surface area contributed by atoms with Crippen molar-refractivity contribution in [3.8, 4) is 0 Å². The first-order chi connectivity index (χ1) is 10.3. The molecule has 0 amide bonds. The van der Waals surface area contributed by atoms with Crippen LogP contribution in [0.1, 0.15) is 18.9 Å². The molecule has 0 saturated heterocycles. The van der Waals surface area contributed by atoms with Crippen LogP contribution in [0, 0.1) is 0 Å². The van der Waals surface area contributed by atoms with E-state index in [1.165, 1.54) is 5.56 Å². The Morgan fingerprint density at radius 1 is 1.05 bits per heavy atom. The zero-order valence-corrected chi connectivity index (χ0v) is 12.1. The first-order valence-corrected chi connectivity index (χ1v) is 7.27. The van der Waals surface area contributed by atoms with E-state index in [-0.39, 0.29) is 0 Å². The Morgan fingerprint density at radius 3 is 2.57 bits per heavy atom. The number of anilines is 3. The minimum absolute atomic E-state index is 0.659. The second-order valence-electron chi connectivity index (χ2n) is 5.18. The van der Waals surface area contributed by atoms with Crippen LogP contribution in [0.3, 0.4) is 0 Å². The van der Waals surface area contributed by atoms with Crippen LogP contribution < -0.4 is 11.1 Å². The number of rotatable bonds is 4. The SMILES string of the molecule is CCCc1ccc(Nc2c(N)cnc3ccccc23)cc1. The molecule has 0 aliphatic carbocycles. The van der Waals surface area contributed by atoms with Gasteiger partial charge < -0.3 is 11.1 Å². The van der Waals surface area contributed by atoms with Crippen molar-refractivity contribution in [3.63, 3.8) is 0 Å². The number of nitrogens with zero attached hydrogens (tertiary/aromatic N) is 1. The smallest absolute Gasteiger partial charge is 0.0746 e. The van der Waals surface area contributed by atoms with Gasteiger partial charge in [-0.05, 0) is 30.2 Å². The Hall–Kier alpha value is -2.55. The van der Waals surface area contributed by atoms with Crippen LogP contribution in [0.5, 0.6) is 0 Å². The van der Waals surface area contributed by atoms with Gasteiger partial charge in [0.25, 0.3) is 0 Å². The molecule has 2 aromatic carbocycles. The van der Waals surface area contributed by atoms with E-state index in [9.17, 15) is 0 Å². The van der Waals surface area contributed by atoms with Crippen LogP contribution in [-0.4, -0.2) is 4.98 Å². The van der Waals surface area contributed by atoms with Crippen LogP contribution in [0.2, 0.25) is 0 Å². The molecular formula is C18H19N3. The molecular weight excluding hydrogens is 258 g/mol. The predicted octanol–water partition coefficient (Wildman–Crippen LogP) is 4.51. The number of nitrogen functional groups attached to an aromatic ring is 1. The number of hydrogen-bond acceptors (Lipinski definition) is 3. The highest BCUT2D eigenvalue weighted by Gasteiger charge is 2.06. The summed E-state index contributed by atoms with van der Waals surface area (Å²) in [6.07, 6.45) is 3.98. The minimum Gasteiger partial charge on any atom is -0.396 e. The molecule has 0 saturated carbocycles. The van der Waals surface area contributed by atoms with Gasteiger partial charge >= 0.3 is 0 Å². The number of fused-ring (bicyclic) bond motifs is 1. The summed E-state index contributed by atoms with van der Waals surface area (Å²) < 4.78 is 0. The highest BCUT2D eigenvalue weighted by Crippen LogP contribution is 2.30. The first kappa shape index (κ1) is 13.4. The fraction of sp³-hybridized carbons (Fsp3) is 0.167. The summed E-state index contributed by atoms with van der Waals surface area (Å²) in [7, 11) is 0. The molecule has 0 spiro atoms. The minimum atomic E-state index is 0.659. The van der Waals surface area contributed by atoms with Gasteiger partial charge in [-0.3, -0.25) is 4.98 Å². The number of aryl methyl sites for hydroxylation is 1. The third-order valence-corrected chi connectivity index (χ3v) is 3.57. The molecule has 3 rings (SSSR count). The Bertz CT molecular complexity index is 748. The number of pyridine rings is 1. The molecule has 3 N–H and O–H groups in total. The highest BCUT2D eigenvalue weighted by atomic mass is 14.9. The maximum absolute atomic E-state index is 6.09. The second-order valence-corrected chi connectivity index (χ2v) is 5.18. The van der Waals surface area contributed by atoms with Crippen LogP contribution in [-0.2, 0) is 6.42 Å². The van der Waals surface area contributed by atoms with Crippen molar-refractivity contribution in [2.75, 3.05) is 11.1 Å². The van der Waals surface area contributed by atoms with Crippen molar-refractivity contribution in [1.29, 1.82) is 0 Å². The lowest BCUT2D eigenvalue weighted by Gasteiger charge is -2.12. The molecule has 0 unspecified atom stereocenters. The average molecular weight is 277 g/mol. The van der Waals surface area contributed by atoms with Gasteiger partial charge in [0.2, 0.25) is 0 Å². The first-order valence-electron chi connectivity index (χ1n) is 7.27. The summed E-state index contributed by atoms with van der Waals surface area (Å²) in [6.45, 7) is 2.19. The number of benzene rings is 2. The monoisotopic (exact) mass is 277 g/mol. The quantitative estimate of drug-likeness (QED) is 0.737. The molecule has 0 radical (unpaired) electrons. The van der Waals surface area contributed by atoms with Crippen molar-refractivity contribution in [2.45, 2.75) is 19.8 Å². The van der Waals surface area contributed by atoms with Gasteiger partial charge in [-0.1, -0.05) is 43.7 Å². The zero-order valence-electron chi connectivity index (χ0n) is 12.1. The van der Waals surface area contributed by atoms with Crippen LogP contribution in [0.25, 0.3) is 10.9 Å². The summed E-state index contributed by atoms with van der Waals surface area (Å²) >= 11 is 0. The van der Waals surface area contributed by atoms with Gasteiger partial charge in [-0.2, -0.15) is 0 Å². The summed E-state index contributed by atoms with van der Waals surface area (Å²) in [6, 6.07) is 16.5. The van der Waals surface area contributed by atoms with E-state index in [0.717, 1.165) is 35.1 Å². The van der Waals surface area contributed by atoms with Crippen molar-refractivity contribution >= 4 is 28.0 Å². The maximum atomic E-state index is 6.09. The van der Waals surface area contributed by atoms with Gasteiger partial charge in [0, 0.05) is 11.1 Å².